The summed E-state index contributed by atoms with van der Waals surface area (Å²) in [5.41, 5.74) is 2.19. The number of rotatable bonds is 4. The summed E-state index contributed by atoms with van der Waals surface area (Å²) in [6.45, 7) is 2.39. The van der Waals surface area contributed by atoms with Crippen molar-refractivity contribution in [3.8, 4) is 17.2 Å². The Kier molecular flexibility index (Phi) is 3.39. The zero-order valence-electron chi connectivity index (χ0n) is 11.5. The van der Waals surface area contributed by atoms with E-state index in [-0.39, 0.29) is 18.1 Å². The van der Waals surface area contributed by atoms with Crippen molar-refractivity contribution in [2.75, 3.05) is 6.79 Å². The maximum Gasteiger partial charge on any atom is 0.339 e. The van der Waals surface area contributed by atoms with Gasteiger partial charge in [-0.3, -0.25) is 0 Å². The van der Waals surface area contributed by atoms with Gasteiger partial charge in [-0.2, -0.15) is 0 Å². The van der Waals surface area contributed by atoms with E-state index in [9.17, 15) is 9.90 Å². The third-order valence-corrected chi connectivity index (χ3v) is 3.22. The molecule has 3 rings (SSSR count). The maximum absolute atomic E-state index is 11.3. The normalized spacial score (nSPS) is 12.2. The van der Waals surface area contributed by atoms with Crippen molar-refractivity contribution in [2.24, 2.45) is 0 Å². The SMILES string of the molecule is Cc1ccc(COc2cc3c(cc2C(=O)O)OCO3)cc1. The smallest absolute Gasteiger partial charge is 0.339 e. The van der Waals surface area contributed by atoms with Crippen LogP contribution in [0.2, 0.25) is 0 Å². The molecule has 0 unspecified atom stereocenters. The van der Waals surface area contributed by atoms with Crippen LogP contribution in [0.25, 0.3) is 0 Å². The Balaban J connectivity index is 1.84. The molecule has 0 saturated carbocycles. The molecular formula is C16H14O5. The molecule has 1 heterocycles. The first-order chi connectivity index (χ1) is 10.1. The largest absolute Gasteiger partial charge is 0.488 e. The molecule has 1 aliphatic heterocycles. The van der Waals surface area contributed by atoms with Crippen LogP contribution in [0.5, 0.6) is 17.2 Å². The summed E-state index contributed by atoms with van der Waals surface area (Å²) in [7, 11) is 0. The molecule has 1 N–H and O–H groups in total. The second kappa shape index (κ2) is 5.36. The number of aryl methyl sites for hydroxylation is 1. The summed E-state index contributed by atoms with van der Waals surface area (Å²) in [5.74, 6) is 0.133. The minimum atomic E-state index is -1.06. The molecule has 0 fully saturated rings. The summed E-state index contributed by atoms with van der Waals surface area (Å²) in [6.07, 6.45) is 0. The monoisotopic (exact) mass is 286 g/mol. The molecular weight excluding hydrogens is 272 g/mol. The third-order valence-electron chi connectivity index (χ3n) is 3.22. The van der Waals surface area contributed by atoms with Crippen molar-refractivity contribution in [3.63, 3.8) is 0 Å². The first kappa shape index (κ1) is 13.3. The third kappa shape index (κ3) is 2.76. The first-order valence-corrected chi connectivity index (χ1v) is 6.49. The minimum absolute atomic E-state index is 0.0614. The van der Waals surface area contributed by atoms with Gasteiger partial charge < -0.3 is 19.3 Å². The highest BCUT2D eigenvalue weighted by Crippen LogP contribution is 2.38. The van der Waals surface area contributed by atoms with Crippen molar-refractivity contribution in [1.29, 1.82) is 0 Å². The number of hydrogen-bond acceptors (Lipinski definition) is 4. The summed E-state index contributed by atoms with van der Waals surface area (Å²) in [6, 6.07) is 10.8. The number of ether oxygens (including phenoxy) is 3. The Hall–Kier alpha value is -2.69. The number of hydrogen-bond donors (Lipinski definition) is 1. The topological polar surface area (TPSA) is 65.0 Å². The molecule has 21 heavy (non-hydrogen) atoms. The van der Waals surface area contributed by atoms with Gasteiger partial charge in [-0.05, 0) is 12.5 Å². The molecule has 1 aliphatic rings. The lowest BCUT2D eigenvalue weighted by Gasteiger charge is -2.10. The van der Waals surface area contributed by atoms with Crippen molar-refractivity contribution in [3.05, 3.63) is 53.1 Å². The fraction of sp³-hybridized carbons (Fsp3) is 0.188. The highest BCUT2D eigenvalue weighted by atomic mass is 16.7. The van der Waals surface area contributed by atoms with Gasteiger partial charge in [0.25, 0.3) is 0 Å². The molecule has 5 nitrogen and oxygen atoms in total. The molecule has 0 amide bonds. The van der Waals surface area contributed by atoms with E-state index < -0.39 is 5.97 Å². The van der Waals surface area contributed by atoms with Crippen LogP contribution in [0.1, 0.15) is 21.5 Å². The molecule has 5 heteroatoms. The molecule has 0 saturated heterocycles. The van der Waals surface area contributed by atoms with Crippen LogP contribution in [0.15, 0.2) is 36.4 Å². The number of carboxylic acid groups (broad SMARTS) is 1. The second-order valence-corrected chi connectivity index (χ2v) is 4.78. The van der Waals surface area contributed by atoms with Gasteiger partial charge in [-0.1, -0.05) is 29.8 Å². The predicted octanol–water partition coefficient (Wildman–Crippen LogP) is 3.00. The van der Waals surface area contributed by atoms with Gasteiger partial charge in [0.15, 0.2) is 11.5 Å². The number of carbonyl (C=O) groups is 1. The lowest BCUT2D eigenvalue weighted by Crippen LogP contribution is -2.03. The van der Waals surface area contributed by atoms with Crippen LogP contribution in [-0.2, 0) is 6.61 Å². The van der Waals surface area contributed by atoms with Crippen molar-refractivity contribution < 1.29 is 24.1 Å². The molecule has 0 aliphatic carbocycles. The molecule has 0 radical (unpaired) electrons. The zero-order chi connectivity index (χ0) is 14.8. The van der Waals surface area contributed by atoms with E-state index >= 15 is 0 Å². The molecule has 0 atom stereocenters. The fourth-order valence-corrected chi connectivity index (χ4v) is 2.06. The number of carboxylic acids is 1. The van der Waals surface area contributed by atoms with Gasteiger partial charge in [0.1, 0.15) is 17.9 Å². The van der Waals surface area contributed by atoms with Gasteiger partial charge >= 0.3 is 5.97 Å². The quantitative estimate of drug-likeness (QED) is 0.936. The van der Waals surface area contributed by atoms with Crippen LogP contribution < -0.4 is 14.2 Å². The summed E-state index contributed by atoms with van der Waals surface area (Å²) < 4.78 is 16.1. The van der Waals surface area contributed by atoms with Gasteiger partial charge in [-0.15, -0.1) is 0 Å². The summed E-state index contributed by atoms with van der Waals surface area (Å²) >= 11 is 0. The van der Waals surface area contributed by atoms with Crippen molar-refractivity contribution in [2.45, 2.75) is 13.5 Å². The van der Waals surface area contributed by atoms with Crippen LogP contribution in [0.4, 0.5) is 0 Å². The average Bonchev–Trinajstić information content (AvgIpc) is 2.92. The molecule has 2 aromatic carbocycles. The molecule has 2 aromatic rings. The van der Waals surface area contributed by atoms with Crippen LogP contribution in [-0.4, -0.2) is 17.9 Å². The number of aromatic carboxylic acids is 1. The average molecular weight is 286 g/mol. The lowest BCUT2D eigenvalue weighted by atomic mass is 10.1. The molecule has 0 aromatic heterocycles. The van der Waals surface area contributed by atoms with Crippen LogP contribution in [0, 0.1) is 6.92 Å². The lowest BCUT2D eigenvalue weighted by molar-refractivity contribution is 0.0691. The highest BCUT2D eigenvalue weighted by molar-refractivity contribution is 5.92. The Bertz CT molecular complexity index is 676. The Morgan fingerprint density at radius 1 is 1.19 bits per heavy atom. The van der Waals surface area contributed by atoms with E-state index in [0.717, 1.165) is 11.1 Å². The number of benzene rings is 2. The van der Waals surface area contributed by atoms with E-state index in [4.69, 9.17) is 14.2 Å². The van der Waals surface area contributed by atoms with E-state index in [2.05, 4.69) is 0 Å². The van der Waals surface area contributed by atoms with E-state index in [0.29, 0.717) is 18.1 Å². The van der Waals surface area contributed by atoms with Crippen LogP contribution in [0.3, 0.4) is 0 Å². The van der Waals surface area contributed by atoms with Gasteiger partial charge in [-0.25, -0.2) is 4.79 Å². The van der Waals surface area contributed by atoms with E-state index in [1.54, 1.807) is 6.07 Å². The van der Waals surface area contributed by atoms with E-state index in [1.165, 1.54) is 6.07 Å². The second-order valence-electron chi connectivity index (χ2n) is 4.78. The minimum Gasteiger partial charge on any atom is -0.488 e. The Morgan fingerprint density at radius 2 is 1.86 bits per heavy atom. The summed E-state index contributed by atoms with van der Waals surface area (Å²) in [4.78, 5) is 11.3. The Morgan fingerprint density at radius 3 is 2.52 bits per heavy atom. The zero-order valence-corrected chi connectivity index (χ0v) is 11.5. The standard InChI is InChI=1S/C16H14O5/c1-10-2-4-11(5-3-10)8-19-13-7-15-14(20-9-21-15)6-12(13)16(17)18/h2-7H,8-9H2,1H3,(H,17,18). The van der Waals surface area contributed by atoms with Crippen molar-refractivity contribution >= 4 is 5.97 Å². The fourth-order valence-electron chi connectivity index (χ4n) is 2.06. The van der Waals surface area contributed by atoms with Crippen LogP contribution >= 0.6 is 0 Å². The molecule has 0 spiro atoms. The predicted molar refractivity (Wildman–Crippen MR) is 75.0 cm³/mol. The van der Waals surface area contributed by atoms with E-state index in [1.807, 2.05) is 31.2 Å². The number of fused-ring (bicyclic) bond motifs is 1. The Labute approximate surface area is 121 Å². The van der Waals surface area contributed by atoms with Gasteiger partial charge in [0, 0.05) is 12.1 Å². The van der Waals surface area contributed by atoms with Gasteiger partial charge in [0.05, 0.1) is 0 Å². The molecule has 108 valence electrons. The maximum atomic E-state index is 11.3. The highest BCUT2D eigenvalue weighted by Gasteiger charge is 2.21. The first-order valence-electron chi connectivity index (χ1n) is 6.49. The summed E-state index contributed by atoms with van der Waals surface area (Å²) in [5, 5.41) is 9.25. The van der Waals surface area contributed by atoms with Crippen molar-refractivity contribution in [1.82, 2.24) is 0 Å². The molecule has 0 bridgehead atoms. The van der Waals surface area contributed by atoms with Gasteiger partial charge in [0.2, 0.25) is 6.79 Å².